The summed E-state index contributed by atoms with van der Waals surface area (Å²) >= 11 is 1.64. The number of ether oxygens (including phenoxy) is 1. The number of rotatable bonds is 5. The van der Waals surface area contributed by atoms with E-state index in [1.54, 1.807) is 11.3 Å². The van der Waals surface area contributed by atoms with Gasteiger partial charge in [-0.3, -0.25) is 0 Å². The fourth-order valence-corrected chi connectivity index (χ4v) is 3.99. The Kier molecular flexibility index (Phi) is 4.71. The summed E-state index contributed by atoms with van der Waals surface area (Å²) in [7, 11) is 0. The smallest absolute Gasteiger partial charge is 0.207 e. The second kappa shape index (κ2) is 7.30. The van der Waals surface area contributed by atoms with E-state index in [9.17, 15) is 0 Å². The molecule has 0 saturated carbocycles. The maximum atomic E-state index is 5.56. The first-order chi connectivity index (χ1) is 12.7. The Labute approximate surface area is 157 Å². The molecule has 1 atom stereocenters. The molecule has 26 heavy (non-hydrogen) atoms. The molecule has 5 heteroatoms. The molecule has 1 aliphatic rings. The predicted octanol–water partition coefficient (Wildman–Crippen LogP) is 5.54. The average molecular weight is 363 g/mol. The van der Waals surface area contributed by atoms with Crippen LogP contribution in [0, 0.1) is 0 Å². The Bertz CT molecular complexity index is 903. The highest BCUT2D eigenvalue weighted by atomic mass is 32.1. The van der Waals surface area contributed by atoms with Crippen LogP contribution in [0.5, 0.6) is 5.75 Å². The molecule has 0 fully saturated rings. The van der Waals surface area contributed by atoms with Crippen LogP contribution in [-0.2, 0) is 0 Å². The van der Waals surface area contributed by atoms with Gasteiger partial charge >= 0.3 is 0 Å². The van der Waals surface area contributed by atoms with Crippen molar-refractivity contribution >= 4 is 22.2 Å². The van der Waals surface area contributed by atoms with Crippen LogP contribution < -0.4 is 9.75 Å². The third kappa shape index (κ3) is 3.35. The lowest BCUT2D eigenvalue weighted by Gasteiger charge is -2.21. The Balaban J connectivity index is 1.61. The fraction of sp³-hybridized carbons (Fsp3) is 0.238. The van der Waals surface area contributed by atoms with E-state index >= 15 is 0 Å². The zero-order valence-corrected chi connectivity index (χ0v) is 15.7. The maximum absolute atomic E-state index is 5.56. The van der Waals surface area contributed by atoms with Gasteiger partial charge in [-0.05, 0) is 31.5 Å². The summed E-state index contributed by atoms with van der Waals surface area (Å²) in [6, 6.07) is 18.8. The molecule has 0 N–H and O–H groups in total. The molecular weight excluding hydrogens is 342 g/mol. The minimum absolute atomic E-state index is 0.181. The molecule has 2 aromatic carbocycles. The number of nitrogens with zero attached hydrogens (tertiary/aromatic N) is 3. The average Bonchev–Trinajstić information content (AvgIpc) is 3.30. The van der Waals surface area contributed by atoms with E-state index in [0.717, 1.165) is 34.3 Å². The molecule has 0 amide bonds. The number of thiazole rings is 1. The van der Waals surface area contributed by atoms with Crippen LogP contribution in [0.3, 0.4) is 0 Å². The third-order valence-electron chi connectivity index (χ3n) is 4.40. The van der Waals surface area contributed by atoms with Gasteiger partial charge in [0.25, 0.3) is 0 Å². The lowest BCUT2D eigenvalue weighted by Crippen LogP contribution is -2.18. The summed E-state index contributed by atoms with van der Waals surface area (Å²) in [4.78, 5) is 4.83. The Morgan fingerprint density at radius 3 is 2.62 bits per heavy atom. The van der Waals surface area contributed by atoms with Crippen molar-refractivity contribution in [3.05, 3.63) is 65.5 Å². The molecular formula is C21H21N3OS. The number of benzene rings is 2. The second-order valence-electron chi connectivity index (χ2n) is 6.28. The van der Waals surface area contributed by atoms with Gasteiger partial charge in [-0.25, -0.2) is 9.99 Å². The first kappa shape index (κ1) is 16.8. The highest BCUT2D eigenvalue weighted by molar-refractivity contribution is 7.14. The molecule has 0 unspecified atom stereocenters. The molecule has 1 aliphatic heterocycles. The van der Waals surface area contributed by atoms with Gasteiger partial charge in [-0.2, -0.15) is 5.10 Å². The zero-order valence-electron chi connectivity index (χ0n) is 14.9. The van der Waals surface area contributed by atoms with E-state index in [4.69, 9.17) is 14.8 Å². The first-order valence-corrected chi connectivity index (χ1v) is 9.69. The van der Waals surface area contributed by atoms with Crippen molar-refractivity contribution in [1.29, 1.82) is 0 Å². The van der Waals surface area contributed by atoms with E-state index in [2.05, 4.69) is 41.6 Å². The summed E-state index contributed by atoms with van der Waals surface area (Å²) in [6.07, 6.45) is 0.911. The van der Waals surface area contributed by atoms with Crippen LogP contribution in [0.2, 0.25) is 0 Å². The van der Waals surface area contributed by atoms with Gasteiger partial charge in [0.1, 0.15) is 5.75 Å². The van der Waals surface area contributed by atoms with Crippen molar-refractivity contribution in [2.24, 2.45) is 5.10 Å². The predicted molar refractivity (Wildman–Crippen MR) is 108 cm³/mol. The highest BCUT2D eigenvalue weighted by Crippen LogP contribution is 2.38. The van der Waals surface area contributed by atoms with Gasteiger partial charge in [0.2, 0.25) is 5.13 Å². The standard InChI is InChI=1S/C21H21N3OS/c1-3-25-18-11-9-17(10-12-18)20-13-15(2)23-24(20)21-22-19(14-26-21)16-7-5-4-6-8-16/h4-12,14,20H,3,13H2,1-2H3/t20-/m0/s1. The molecule has 4 rings (SSSR count). The number of hydrazone groups is 1. The maximum Gasteiger partial charge on any atom is 0.207 e. The summed E-state index contributed by atoms with van der Waals surface area (Å²) in [5.74, 6) is 0.902. The number of aromatic nitrogens is 1. The summed E-state index contributed by atoms with van der Waals surface area (Å²) < 4.78 is 5.56. The van der Waals surface area contributed by atoms with E-state index in [0.29, 0.717) is 6.61 Å². The van der Waals surface area contributed by atoms with Crippen molar-refractivity contribution in [3.8, 4) is 17.0 Å². The Morgan fingerprint density at radius 1 is 1.12 bits per heavy atom. The summed E-state index contributed by atoms with van der Waals surface area (Å²) in [6.45, 7) is 4.75. The zero-order chi connectivity index (χ0) is 17.9. The van der Waals surface area contributed by atoms with Crippen molar-refractivity contribution < 1.29 is 4.74 Å². The van der Waals surface area contributed by atoms with Crippen molar-refractivity contribution in [2.45, 2.75) is 26.3 Å². The minimum atomic E-state index is 0.181. The van der Waals surface area contributed by atoms with Crippen molar-refractivity contribution in [3.63, 3.8) is 0 Å². The Hall–Kier alpha value is -2.66. The molecule has 132 valence electrons. The van der Waals surface area contributed by atoms with Gasteiger partial charge in [0.05, 0.1) is 18.3 Å². The summed E-state index contributed by atoms with van der Waals surface area (Å²) in [5.41, 5.74) is 4.48. The van der Waals surface area contributed by atoms with E-state index < -0.39 is 0 Å². The van der Waals surface area contributed by atoms with Gasteiger partial charge in [-0.1, -0.05) is 42.5 Å². The van der Waals surface area contributed by atoms with E-state index in [-0.39, 0.29) is 6.04 Å². The third-order valence-corrected chi connectivity index (χ3v) is 5.23. The van der Waals surface area contributed by atoms with Gasteiger partial charge in [0, 0.05) is 23.1 Å². The van der Waals surface area contributed by atoms with Crippen LogP contribution >= 0.6 is 11.3 Å². The molecule has 1 aromatic heterocycles. The highest BCUT2D eigenvalue weighted by Gasteiger charge is 2.29. The van der Waals surface area contributed by atoms with Gasteiger partial charge < -0.3 is 4.74 Å². The van der Waals surface area contributed by atoms with Crippen molar-refractivity contribution in [1.82, 2.24) is 4.98 Å². The summed E-state index contributed by atoms with van der Waals surface area (Å²) in [5, 5.41) is 9.84. The second-order valence-corrected chi connectivity index (χ2v) is 7.12. The molecule has 0 saturated heterocycles. The molecule has 3 aromatic rings. The molecule has 2 heterocycles. The van der Waals surface area contributed by atoms with Crippen LogP contribution in [0.15, 0.2) is 65.1 Å². The molecule has 4 nitrogen and oxygen atoms in total. The van der Waals surface area contributed by atoms with E-state index in [1.807, 2.05) is 37.3 Å². The lowest BCUT2D eigenvalue weighted by molar-refractivity contribution is 0.340. The first-order valence-electron chi connectivity index (χ1n) is 8.81. The Morgan fingerprint density at radius 2 is 1.88 bits per heavy atom. The molecule has 0 aliphatic carbocycles. The number of hydrogen-bond donors (Lipinski definition) is 0. The number of anilines is 1. The van der Waals surface area contributed by atoms with Gasteiger partial charge in [-0.15, -0.1) is 11.3 Å². The SMILES string of the molecule is CCOc1ccc([C@@H]2CC(C)=NN2c2nc(-c3ccccc3)cs2)cc1. The van der Waals surface area contributed by atoms with Crippen LogP contribution in [0.25, 0.3) is 11.3 Å². The van der Waals surface area contributed by atoms with Crippen LogP contribution in [-0.4, -0.2) is 17.3 Å². The monoisotopic (exact) mass is 363 g/mol. The molecule has 0 spiro atoms. The van der Waals surface area contributed by atoms with E-state index in [1.165, 1.54) is 5.56 Å². The lowest BCUT2D eigenvalue weighted by atomic mass is 10.0. The van der Waals surface area contributed by atoms with Crippen LogP contribution in [0.4, 0.5) is 5.13 Å². The number of hydrogen-bond acceptors (Lipinski definition) is 5. The normalized spacial score (nSPS) is 16.6. The van der Waals surface area contributed by atoms with Crippen molar-refractivity contribution in [2.75, 3.05) is 11.6 Å². The quantitative estimate of drug-likeness (QED) is 0.597. The minimum Gasteiger partial charge on any atom is -0.494 e. The topological polar surface area (TPSA) is 37.7 Å². The molecule has 0 bridgehead atoms. The van der Waals surface area contributed by atoms with Gasteiger partial charge in [0.15, 0.2) is 0 Å². The molecule has 0 radical (unpaired) electrons. The fourth-order valence-electron chi connectivity index (χ4n) is 3.16. The van der Waals surface area contributed by atoms with Crippen LogP contribution in [0.1, 0.15) is 31.9 Å². The largest absolute Gasteiger partial charge is 0.494 e.